The van der Waals surface area contributed by atoms with E-state index in [1.165, 1.54) is 18.6 Å². The predicted octanol–water partition coefficient (Wildman–Crippen LogP) is 1.81. The quantitative estimate of drug-likeness (QED) is 0.543. The maximum atomic E-state index is 5.21. The van der Waals surface area contributed by atoms with Crippen LogP contribution in [0.4, 0.5) is 0 Å². The molecule has 1 aliphatic carbocycles. The Morgan fingerprint density at radius 1 is 1.50 bits per heavy atom. The number of hydrogen-bond acceptors (Lipinski definition) is 2. The van der Waals surface area contributed by atoms with Gasteiger partial charge in [0, 0.05) is 5.92 Å². The molecule has 0 N–H and O–H groups in total. The van der Waals surface area contributed by atoms with Gasteiger partial charge < -0.3 is 4.84 Å². The largest absolute Gasteiger partial charge is 0.392 e. The molecular formula is C8H13NO. The molecule has 0 radical (unpaired) electrons. The van der Waals surface area contributed by atoms with Crippen molar-refractivity contribution in [3.05, 3.63) is 0 Å². The van der Waals surface area contributed by atoms with E-state index in [2.05, 4.69) is 19.0 Å². The Hall–Kier alpha value is -0.530. The van der Waals surface area contributed by atoms with Crippen LogP contribution < -0.4 is 0 Å². The van der Waals surface area contributed by atoms with Crippen molar-refractivity contribution in [2.24, 2.45) is 17.0 Å². The molecule has 2 rings (SSSR count). The molecule has 0 spiro atoms. The van der Waals surface area contributed by atoms with Gasteiger partial charge in [-0.05, 0) is 18.8 Å². The Kier molecular flexibility index (Phi) is 1.22. The van der Waals surface area contributed by atoms with Gasteiger partial charge in [0.2, 0.25) is 0 Å². The maximum Gasteiger partial charge on any atom is 0.135 e. The van der Waals surface area contributed by atoms with Crippen molar-refractivity contribution < 1.29 is 4.84 Å². The summed E-state index contributed by atoms with van der Waals surface area (Å²) in [5.41, 5.74) is 1.29. The zero-order chi connectivity index (χ0) is 7.14. The van der Waals surface area contributed by atoms with Crippen LogP contribution in [0, 0.1) is 11.8 Å². The van der Waals surface area contributed by atoms with Gasteiger partial charge in [-0.25, -0.2) is 0 Å². The van der Waals surface area contributed by atoms with Crippen molar-refractivity contribution in [3.63, 3.8) is 0 Å². The fourth-order valence-electron chi connectivity index (χ4n) is 1.66. The fourth-order valence-corrected chi connectivity index (χ4v) is 1.66. The average Bonchev–Trinajstić information content (AvgIpc) is 2.07. The molecule has 0 bridgehead atoms. The summed E-state index contributed by atoms with van der Waals surface area (Å²) in [5, 5.41) is 4.08. The van der Waals surface area contributed by atoms with Crippen molar-refractivity contribution in [3.8, 4) is 0 Å². The molecule has 0 amide bonds. The van der Waals surface area contributed by atoms with Crippen LogP contribution in [0.3, 0.4) is 0 Å². The smallest absolute Gasteiger partial charge is 0.135 e. The number of oxime groups is 1. The summed E-state index contributed by atoms with van der Waals surface area (Å²) in [6.07, 6.45) is 2.96. The first kappa shape index (κ1) is 6.20. The highest BCUT2D eigenvalue weighted by molar-refractivity contribution is 5.90. The predicted molar refractivity (Wildman–Crippen MR) is 39.9 cm³/mol. The third-order valence-electron chi connectivity index (χ3n) is 2.48. The summed E-state index contributed by atoms with van der Waals surface area (Å²) in [6, 6.07) is 0. The molecule has 2 atom stereocenters. The molecule has 1 aliphatic heterocycles. The lowest BCUT2D eigenvalue weighted by atomic mass is 9.76. The van der Waals surface area contributed by atoms with Crippen LogP contribution in [0.2, 0.25) is 0 Å². The van der Waals surface area contributed by atoms with Crippen molar-refractivity contribution in [2.45, 2.75) is 32.8 Å². The van der Waals surface area contributed by atoms with Crippen LogP contribution >= 0.6 is 0 Å². The summed E-state index contributed by atoms with van der Waals surface area (Å²) in [7, 11) is 0. The van der Waals surface area contributed by atoms with Gasteiger partial charge >= 0.3 is 0 Å². The third kappa shape index (κ3) is 0.678. The molecule has 10 heavy (non-hydrogen) atoms. The number of rotatable bonds is 1. The Morgan fingerprint density at radius 3 is 2.60 bits per heavy atom. The monoisotopic (exact) mass is 139 g/mol. The zero-order valence-electron chi connectivity index (χ0n) is 6.50. The molecule has 56 valence electrons. The molecule has 1 fully saturated rings. The lowest BCUT2D eigenvalue weighted by Gasteiger charge is -2.28. The maximum absolute atomic E-state index is 5.21. The second-order valence-electron chi connectivity index (χ2n) is 3.50. The minimum Gasteiger partial charge on any atom is -0.392 e. The minimum atomic E-state index is 0.456. The summed E-state index contributed by atoms with van der Waals surface area (Å²) < 4.78 is 0. The SMILES string of the molecule is CC(C)C1=NOC2CCC12. The highest BCUT2D eigenvalue weighted by Gasteiger charge is 2.42. The fraction of sp³-hybridized carbons (Fsp3) is 0.875. The van der Waals surface area contributed by atoms with Gasteiger partial charge in [0.05, 0.1) is 5.71 Å². The minimum absolute atomic E-state index is 0.456. The Bertz CT molecular complexity index is 174. The van der Waals surface area contributed by atoms with E-state index in [0.29, 0.717) is 17.9 Å². The second-order valence-corrected chi connectivity index (χ2v) is 3.50. The standard InChI is InChI=1S/C8H13NO/c1-5(2)8-6-3-4-7(6)10-9-8/h5-7H,3-4H2,1-2H3. The summed E-state index contributed by atoms with van der Waals surface area (Å²) >= 11 is 0. The highest BCUT2D eigenvalue weighted by Crippen LogP contribution is 2.38. The summed E-state index contributed by atoms with van der Waals surface area (Å²) in [5.74, 6) is 1.26. The van der Waals surface area contributed by atoms with E-state index in [1.54, 1.807) is 0 Å². The lowest BCUT2D eigenvalue weighted by Crippen LogP contribution is -2.35. The van der Waals surface area contributed by atoms with E-state index in [4.69, 9.17) is 4.84 Å². The van der Waals surface area contributed by atoms with Crippen molar-refractivity contribution in [2.75, 3.05) is 0 Å². The van der Waals surface area contributed by atoms with Crippen molar-refractivity contribution in [1.29, 1.82) is 0 Å². The molecule has 0 aromatic carbocycles. The van der Waals surface area contributed by atoms with E-state index >= 15 is 0 Å². The molecule has 1 heterocycles. The molecule has 0 aromatic rings. The van der Waals surface area contributed by atoms with E-state index in [0.717, 1.165) is 0 Å². The van der Waals surface area contributed by atoms with Gasteiger partial charge in [-0.15, -0.1) is 0 Å². The first-order valence-corrected chi connectivity index (χ1v) is 4.02. The van der Waals surface area contributed by atoms with Gasteiger partial charge in [0.25, 0.3) is 0 Å². The topological polar surface area (TPSA) is 21.6 Å². The molecule has 1 saturated carbocycles. The van der Waals surface area contributed by atoms with E-state index in [1.807, 2.05) is 0 Å². The summed E-state index contributed by atoms with van der Waals surface area (Å²) in [6.45, 7) is 4.37. The van der Waals surface area contributed by atoms with Crippen molar-refractivity contribution in [1.82, 2.24) is 0 Å². The Labute approximate surface area is 61.2 Å². The molecule has 0 saturated heterocycles. The Balaban J connectivity index is 2.09. The van der Waals surface area contributed by atoms with Gasteiger partial charge in [-0.2, -0.15) is 0 Å². The molecule has 2 heteroatoms. The first-order valence-electron chi connectivity index (χ1n) is 4.02. The van der Waals surface area contributed by atoms with Crippen LogP contribution in [-0.4, -0.2) is 11.8 Å². The average molecular weight is 139 g/mol. The zero-order valence-corrected chi connectivity index (χ0v) is 6.50. The van der Waals surface area contributed by atoms with Gasteiger partial charge in [-0.1, -0.05) is 19.0 Å². The normalized spacial score (nSPS) is 36.5. The van der Waals surface area contributed by atoms with Crippen molar-refractivity contribution >= 4 is 5.71 Å². The summed E-state index contributed by atoms with van der Waals surface area (Å²) in [4.78, 5) is 5.21. The van der Waals surface area contributed by atoms with Crippen LogP contribution in [0.5, 0.6) is 0 Å². The number of hydrogen-bond donors (Lipinski definition) is 0. The van der Waals surface area contributed by atoms with Crippen LogP contribution in [0.1, 0.15) is 26.7 Å². The van der Waals surface area contributed by atoms with Crippen LogP contribution in [0.25, 0.3) is 0 Å². The van der Waals surface area contributed by atoms with Crippen LogP contribution in [0.15, 0.2) is 5.16 Å². The van der Waals surface area contributed by atoms with E-state index in [-0.39, 0.29) is 0 Å². The Morgan fingerprint density at radius 2 is 2.30 bits per heavy atom. The number of nitrogens with zero attached hydrogens (tertiary/aromatic N) is 1. The first-order chi connectivity index (χ1) is 4.79. The van der Waals surface area contributed by atoms with Gasteiger partial charge in [0.1, 0.15) is 6.10 Å². The van der Waals surface area contributed by atoms with Crippen LogP contribution in [-0.2, 0) is 4.84 Å². The third-order valence-corrected chi connectivity index (χ3v) is 2.48. The van der Waals surface area contributed by atoms with E-state index < -0.39 is 0 Å². The second kappa shape index (κ2) is 1.97. The number of fused-ring (bicyclic) bond motifs is 1. The van der Waals surface area contributed by atoms with Gasteiger partial charge in [-0.3, -0.25) is 0 Å². The molecular weight excluding hydrogens is 126 g/mol. The van der Waals surface area contributed by atoms with E-state index in [9.17, 15) is 0 Å². The lowest BCUT2D eigenvalue weighted by molar-refractivity contribution is 0.00931. The molecule has 2 unspecified atom stereocenters. The highest BCUT2D eigenvalue weighted by atomic mass is 16.6. The molecule has 2 aliphatic rings. The molecule has 2 nitrogen and oxygen atoms in total. The molecule has 0 aromatic heterocycles. The van der Waals surface area contributed by atoms with Gasteiger partial charge in [0.15, 0.2) is 0 Å².